The van der Waals surface area contributed by atoms with Gasteiger partial charge in [-0.2, -0.15) is 0 Å². The van der Waals surface area contributed by atoms with Gasteiger partial charge in [-0.1, -0.05) is 21.6 Å². The van der Waals surface area contributed by atoms with Crippen LogP contribution >= 0.6 is 43.2 Å². The highest BCUT2D eigenvalue weighted by atomic mass is 33.1. The van der Waals surface area contributed by atoms with Crippen molar-refractivity contribution in [3.63, 3.8) is 0 Å². The van der Waals surface area contributed by atoms with Crippen molar-refractivity contribution in [2.75, 3.05) is 37.8 Å². The highest BCUT2D eigenvalue weighted by molar-refractivity contribution is 8.82. The Morgan fingerprint density at radius 1 is 0.955 bits per heavy atom. The predicted octanol–water partition coefficient (Wildman–Crippen LogP) is 4.53. The van der Waals surface area contributed by atoms with E-state index in [0.29, 0.717) is 19.3 Å². The molecule has 0 aromatic heterocycles. The highest BCUT2D eigenvalue weighted by Gasteiger charge is 2.23. The van der Waals surface area contributed by atoms with Gasteiger partial charge in [0, 0.05) is 39.1 Å². The molecule has 5 nitrogen and oxygen atoms in total. The molecule has 0 bridgehead atoms. The average molecular weight is 386 g/mol. The zero-order valence-corrected chi connectivity index (χ0v) is 16.2. The number of carbonyl (C=O) groups excluding carboxylic acids is 2. The Morgan fingerprint density at radius 2 is 1.41 bits per heavy atom. The molecule has 0 N–H and O–H groups in total. The van der Waals surface area contributed by atoms with Crippen LogP contribution in [0, 0.1) is 0 Å². The molecule has 1 saturated heterocycles. The molecule has 1 rings (SSSR count). The fourth-order valence-corrected chi connectivity index (χ4v) is 5.97. The van der Waals surface area contributed by atoms with Crippen LogP contribution in [0.1, 0.15) is 26.7 Å². The van der Waals surface area contributed by atoms with Crippen LogP contribution in [0.5, 0.6) is 0 Å². The molecule has 0 aromatic carbocycles. The minimum atomic E-state index is -0.235. The molecule has 128 valence electrons. The van der Waals surface area contributed by atoms with Gasteiger partial charge in [0.25, 0.3) is 0 Å². The Morgan fingerprint density at radius 3 is 1.82 bits per heavy atom. The van der Waals surface area contributed by atoms with E-state index in [-0.39, 0.29) is 10.6 Å². The van der Waals surface area contributed by atoms with Crippen molar-refractivity contribution in [3.05, 3.63) is 0 Å². The van der Waals surface area contributed by atoms with E-state index in [2.05, 4.69) is 4.90 Å². The van der Waals surface area contributed by atoms with E-state index in [4.69, 9.17) is 9.47 Å². The van der Waals surface area contributed by atoms with E-state index in [1.165, 1.54) is 34.4 Å². The van der Waals surface area contributed by atoms with E-state index in [1.54, 1.807) is 13.8 Å². The third-order valence-electron chi connectivity index (χ3n) is 2.96. The molecule has 9 heteroatoms. The summed E-state index contributed by atoms with van der Waals surface area (Å²) >= 11 is 0. The van der Waals surface area contributed by atoms with Gasteiger partial charge in [0.05, 0.1) is 13.2 Å². The molecule has 0 saturated carbocycles. The van der Waals surface area contributed by atoms with Crippen LogP contribution in [0.2, 0.25) is 0 Å². The van der Waals surface area contributed by atoms with E-state index < -0.39 is 0 Å². The SMILES string of the molecule is CCOC(=O)SSCC(CSSC(=O)OCC)N1CCCC1. The Kier molecular flexibility index (Phi) is 11.7. The molecule has 1 aliphatic heterocycles. The molecule has 0 amide bonds. The Balaban J connectivity index is 2.30. The highest BCUT2D eigenvalue weighted by Crippen LogP contribution is 2.31. The fraction of sp³-hybridized carbons (Fsp3) is 0.846. The second-order valence-electron chi connectivity index (χ2n) is 4.50. The molecule has 1 fully saturated rings. The van der Waals surface area contributed by atoms with Crippen molar-refractivity contribution in [2.24, 2.45) is 0 Å². The summed E-state index contributed by atoms with van der Waals surface area (Å²) in [5, 5.41) is -0.470. The maximum Gasteiger partial charge on any atom is 0.378 e. The Labute approximate surface area is 148 Å². The molecular formula is C13H23NO4S4. The van der Waals surface area contributed by atoms with Gasteiger partial charge in [-0.15, -0.1) is 0 Å². The third kappa shape index (κ3) is 8.81. The molecule has 0 unspecified atom stereocenters. The van der Waals surface area contributed by atoms with Gasteiger partial charge in [-0.05, 0) is 39.8 Å². The van der Waals surface area contributed by atoms with E-state index >= 15 is 0 Å². The van der Waals surface area contributed by atoms with Gasteiger partial charge in [0.15, 0.2) is 0 Å². The zero-order chi connectivity index (χ0) is 16.2. The molecule has 0 radical (unpaired) electrons. The molecule has 0 aliphatic carbocycles. The predicted molar refractivity (Wildman–Crippen MR) is 98.7 cm³/mol. The minimum Gasteiger partial charge on any atom is -0.457 e. The lowest BCUT2D eigenvalue weighted by Crippen LogP contribution is -2.36. The van der Waals surface area contributed by atoms with Crippen molar-refractivity contribution >= 4 is 53.8 Å². The first-order valence-corrected chi connectivity index (χ1v) is 12.0. The second-order valence-corrected chi connectivity index (χ2v) is 9.05. The Bertz CT molecular complexity index is 316. The summed E-state index contributed by atoms with van der Waals surface area (Å²) in [6, 6.07) is 0.362. The lowest BCUT2D eigenvalue weighted by Gasteiger charge is -2.26. The van der Waals surface area contributed by atoms with E-state index in [9.17, 15) is 9.59 Å². The first-order valence-electron chi connectivity index (χ1n) is 7.33. The molecule has 0 spiro atoms. The van der Waals surface area contributed by atoms with Crippen molar-refractivity contribution in [2.45, 2.75) is 32.7 Å². The number of rotatable bonds is 9. The zero-order valence-electron chi connectivity index (χ0n) is 12.9. The number of hydrogen-bond donors (Lipinski definition) is 0. The summed E-state index contributed by atoms with van der Waals surface area (Å²) in [6.07, 6.45) is 2.45. The maximum atomic E-state index is 11.4. The van der Waals surface area contributed by atoms with Crippen LogP contribution in [0.25, 0.3) is 0 Å². The van der Waals surface area contributed by atoms with Gasteiger partial charge in [0.2, 0.25) is 0 Å². The average Bonchev–Trinajstić information content (AvgIpc) is 3.00. The van der Waals surface area contributed by atoms with Crippen LogP contribution in [0.4, 0.5) is 9.59 Å². The van der Waals surface area contributed by atoms with Gasteiger partial charge >= 0.3 is 10.6 Å². The van der Waals surface area contributed by atoms with Crippen LogP contribution < -0.4 is 0 Å². The van der Waals surface area contributed by atoms with Crippen molar-refractivity contribution in [3.8, 4) is 0 Å². The quantitative estimate of drug-likeness (QED) is 0.421. The molecule has 0 atom stereocenters. The van der Waals surface area contributed by atoms with Crippen LogP contribution in [-0.4, -0.2) is 59.4 Å². The number of hydrogen-bond acceptors (Lipinski definition) is 9. The second kappa shape index (κ2) is 12.7. The number of ether oxygens (including phenoxy) is 2. The molecular weight excluding hydrogens is 362 g/mol. The van der Waals surface area contributed by atoms with Gasteiger partial charge < -0.3 is 9.47 Å². The summed E-state index contributed by atoms with van der Waals surface area (Å²) < 4.78 is 9.82. The summed E-state index contributed by atoms with van der Waals surface area (Å²) in [5.74, 6) is 1.69. The summed E-state index contributed by atoms with van der Waals surface area (Å²) in [7, 11) is 5.37. The lowest BCUT2D eigenvalue weighted by atomic mass is 10.3. The molecule has 0 aromatic rings. The summed E-state index contributed by atoms with van der Waals surface area (Å²) in [4.78, 5) is 25.2. The molecule has 22 heavy (non-hydrogen) atoms. The van der Waals surface area contributed by atoms with Crippen molar-refractivity contribution in [1.82, 2.24) is 4.90 Å². The number of carbonyl (C=O) groups is 2. The fourth-order valence-electron chi connectivity index (χ4n) is 1.97. The van der Waals surface area contributed by atoms with Gasteiger partial charge in [0.1, 0.15) is 0 Å². The van der Waals surface area contributed by atoms with Gasteiger partial charge in [-0.3, -0.25) is 4.90 Å². The van der Waals surface area contributed by atoms with Crippen LogP contribution in [0.15, 0.2) is 0 Å². The van der Waals surface area contributed by atoms with Crippen molar-refractivity contribution < 1.29 is 19.1 Å². The van der Waals surface area contributed by atoms with Gasteiger partial charge in [-0.25, -0.2) is 9.59 Å². The van der Waals surface area contributed by atoms with Crippen LogP contribution in [0.3, 0.4) is 0 Å². The Hall–Kier alpha value is 0.300. The third-order valence-corrected chi connectivity index (χ3v) is 7.08. The number of nitrogens with zero attached hydrogens (tertiary/aromatic N) is 1. The van der Waals surface area contributed by atoms with E-state index in [0.717, 1.165) is 46.2 Å². The first-order chi connectivity index (χ1) is 10.7. The molecule has 1 aliphatic rings. The molecule has 1 heterocycles. The standard InChI is InChI=1S/C13H23NO4S4/c1-3-17-12(15)21-19-9-11(14-7-5-6-8-14)10-20-22-13(16)18-4-2/h11H,3-10H2,1-2H3. The minimum absolute atomic E-state index is 0.235. The largest absolute Gasteiger partial charge is 0.457 e. The topological polar surface area (TPSA) is 55.8 Å². The normalized spacial score (nSPS) is 15.2. The maximum absolute atomic E-state index is 11.4. The number of likely N-dealkylation sites (tertiary alicyclic amines) is 1. The summed E-state index contributed by atoms with van der Waals surface area (Å²) in [5.41, 5.74) is 0. The van der Waals surface area contributed by atoms with E-state index in [1.807, 2.05) is 0 Å². The monoisotopic (exact) mass is 385 g/mol. The smallest absolute Gasteiger partial charge is 0.378 e. The van der Waals surface area contributed by atoms with Crippen LogP contribution in [-0.2, 0) is 9.47 Å². The lowest BCUT2D eigenvalue weighted by molar-refractivity contribution is 0.181. The first kappa shape index (κ1) is 20.3. The summed E-state index contributed by atoms with van der Waals surface area (Å²) in [6.45, 7) is 6.63. The van der Waals surface area contributed by atoms with Crippen molar-refractivity contribution in [1.29, 1.82) is 0 Å².